The Morgan fingerprint density at radius 1 is 1.29 bits per heavy atom. The quantitative estimate of drug-likeness (QED) is 0.560. The minimum absolute atomic E-state index is 0.168. The van der Waals surface area contributed by atoms with Crippen molar-refractivity contribution in [1.29, 1.82) is 0 Å². The first-order valence-corrected chi connectivity index (χ1v) is 6.94. The molecule has 3 N–H and O–H groups in total. The van der Waals surface area contributed by atoms with Crippen molar-refractivity contribution in [3.05, 3.63) is 0 Å². The topological polar surface area (TPSA) is 61.4 Å². The van der Waals surface area contributed by atoms with Crippen LogP contribution < -0.4 is 10.6 Å². The van der Waals surface area contributed by atoms with Gasteiger partial charge in [-0.25, -0.2) is 0 Å². The maximum absolute atomic E-state index is 11.5. The molecule has 0 aromatic carbocycles. The van der Waals surface area contributed by atoms with Gasteiger partial charge in [0.1, 0.15) is 0 Å². The molecule has 4 nitrogen and oxygen atoms in total. The van der Waals surface area contributed by atoms with Crippen molar-refractivity contribution in [3.63, 3.8) is 0 Å². The van der Waals surface area contributed by atoms with Crippen molar-refractivity contribution in [2.75, 3.05) is 19.7 Å². The van der Waals surface area contributed by atoms with E-state index < -0.39 is 0 Å². The van der Waals surface area contributed by atoms with Crippen LogP contribution in [0.3, 0.4) is 0 Å². The first kappa shape index (κ1) is 14.5. The van der Waals surface area contributed by atoms with Crippen LogP contribution in [0.5, 0.6) is 0 Å². The number of carbonyl (C=O) groups excluding carboxylic acids is 1. The van der Waals surface area contributed by atoms with Crippen LogP contribution in [0.2, 0.25) is 0 Å². The summed E-state index contributed by atoms with van der Waals surface area (Å²) in [7, 11) is 0. The number of hydrogen-bond acceptors (Lipinski definition) is 3. The molecule has 17 heavy (non-hydrogen) atoms. The SMILES string of the molecule is O=C(CCC1CCCCN1)NCCCCCO. The number of carbonyl (C=O) groups is 1. The molecule has 1 aliphatic heterocycles. The van der Waals surface area contributed by atoms with E-state index in [9.17, 15) is 4.79 Å². The third kappa shape index (κ3) is 7.34. The van der Waals surface area contributed by atoms with Crippen molar-refractivity contribution in [2.45, 2.75) is 57.4 Å². The standard InChI is InChI=1S/C13H26N2O2/c16-11-5-1-3-10-15-13(17)8-7-12-6-2-4-9-14-12/h12,14,16H,1-11H2,(H,15,17). The van der Waals surface area contributed by atoms with Gasteiger partial charge in [0, 0.05) is 25.6 Å². The van der Waals surface area contributed by atoms with Crippen molar-refractivity contribution in [2.24, 2.45) is 0 Å². The highest BCUT2D eigenvalue weighted by atomic mass is 16.2. The predicted molar refractivity (Wildman–Crippen MR) is 68.8 cm³/mol. The number of hydrogen-bond donors (Lipinski definition) is 3. The van der Waals surface area contributed by atoms with Crippen molar-refractivity contribution >= 4 is 5.91 Å². The van der Waals surface area contributed by atoms with E-state index in [1.54, 1.807) is 0 Å². The van der Waals surface area contributed by atoms with E-state index >= 15 is 0 Å². The Kier molecular flexibility index (Phi) is 8.01. The molecule has 1 rings (SSSR count). The first-order valence-electron chi connectivity index (χ1n) is 6.94. The Morgan fingerprint density at radius 3 is 2.88 bits per heavy atom. The summed E-state index contributed by atoms with van der Waals surface area (Å²) in [5.41, 5.74) is 0. The van der Waals surface area contributed by atoms with Crippen molar-refractivity contribution in [1.82, 2.24) is 10.6 Å². The molecule has 1 aliphatic rings. The lowest BCUT2D eigenvalue weighted by Crippen LogP contribution is -2.35. The van der Waals surface area contributed by atoms with Crippen molar-refractivity contribution < 1.29 is 9.90 Å². The number of unbranched alkanes of at least 4 members (excludes halogenated alkanes) is 2. The summed E-state index contributed by atoms with van der Waals surface area (Å²) in [6.45, 7) is 2.10. The van der Waals surface area contributed by atoms with Gasteiger partial charge in [0.2, 0.25) is 5.91 Å². The summed E-state index contributed by atoms with van der Waals surface area (Å²) < 4.78 is 0. The van der Waals surface area contributed by atoms with Gasteiger partial charge in [-0.2, -0.15) is 0 Å². The van der Waals surface area contributed by atoms with Crippen LogP contribution in [0.1, 0.15) is 51.4 Å². The summed E-state index contributed by atoms with van der Waals surface area (Å²) >= 11 is 0. The van der Waals surface area contributed by atoms with E-state index in [1.807, 2.05) is 0 Å². The van der Waals surface area contributed by atoms with Gasteiger partial charge in [0.05, 0.1) is 0 Å². The summed E-state index contributed by atoms with van der Waals surface area (Å²) in [6.07, 6.45) is 8.16. The molecule has 1 heterocycles. The second-order valence-corrected chi connectivity index (χ2v) is 4.82. The van der Waals surface area contributed by atoms with Gasteiger partial charge in [-0.05, 0) is 45.1 Å². The summed E-state index contributed by atoms with van der Waals surface area (Å²) in [4.78, 5) is 11.5. The molecule has 0 spiro atoms. The molecular weight excluding hydrogens is 216 g/mol. The fourth-order valence-corrected chi connectivity index (χ4v) is 2.21. The van der Waals surface area contributed by atoms with Gasteiger partial charge >= 0.3 is 0 Å². The second kappa shape index (κ2) is 9.42. The van der Waals surface area contributed by atoms with Crippen LogP contribution in [-0.2, 0) is 4.79 Å². The average Bonchev–Trinajstić information content (AvgIpc) is 2.37. The number of rotatable bonds is 8. The zero-order valence-corrected chi connectivity index (χ0v) is 10.7. The van der Waals surface area contributed by atoms with E-state index in [-0.39, 0.29) is 12.5 Å². The number of amides is 1. The van der Waals surface area contributed by atoms with Crippen LogP contribution in [0.4, 0.5) is 0 Å². The molecule has 100 valence electrons. The Balaban J connectivity index is 1.93. The van der Waals surface area contributed by atoms with E-state index in [2.05, 4.69) is 10.6 Å². The molecule has 1 atom stereocenters. The molecule has 1 fully saturated rings. The van der Waals surface area contributed by atoms with E-state index in [4.69, 9.17) is 5.11 Å². The molecule has 0 radical (unpaired) electrons. The number of aliphatic hydroxyl groups excluding tert-OH is 1. The van der Waals surface area contributed by atoms with Crippen molar-refractivity contribution in [3.8, 4) is 0 Å². The van der Waals surface area contributed by atoms with Gasteiger partial charge in [0.25, 0.3) is 0 Å². The van der Waals surface area contributed by atoms with Crippen LogP contribution in [0.25, 0.3) is 0 Å². The number of piperidine rings is 1. The summed E-state index contributed by atoms with van der Waals surface area (Å²) in [5.74, 6) is 0.168. The van der Waals surface area contributed by atoms with Crippen LogP contribution in [0, 0.1) is 0 Å². The minimum atomic E-state index is 0.168. The highest BCUT2D eigenvalue weighted by Gasteiger charge is 2.13. The molecule has 1 amide bonds. The molecule has 0 saturated carbocycles. The monoisotopic (exact) mass is 242 g/mol. The number of aliphatic hydroxyl groups is 1. The van der Waals surface area contributed by atoms with E-state index in [0.717, 1.165) is 38.8 Å². The lowest BCUT2D eigenvalue weighted by molar-refractivity contribution is -0.121. The van der Waals surface area contributed by atoms with Crippen LogP contribution in [-0.4, -0.2) is 36.8 Å². The van der Waals surface area contributed by atoms with E-state index in [0.29, 0.717) is 12.5 Å². The molecular formula is C13H26N2O2. The third-order valence-electron chi connectivity index (χ3n) is 3.29. The second-order valence-electron chi connectivity index (χ2n) is 4.82. The average molecular weight is 242 g/mol. The third-order valence-corrected chi connectivity index (χ3v) is 3.29. The van der Waals surface area contributed by atoms with Gasteiger partial charge < -0.3 is 15.7 Å². The normalized spacial score (nSPS) is 20.2. The summed E-state index contributed by atoms with van der Waals surface area (Å²) in [5, 5.41) is 15.0. The van der Waals surface area contributed by atoms with Gasteiger partial charge in [0.15, 0.2) is 0 Å². The smallest absolute Gasteiger partial charge is 0.220 e. The minimum Gasteiger partial charge on any atom is -0.396 e. The first-order chi connectivity index (χ1) is 8.33. The Hall–Kier alpha value is -0.610. The summed E-state index contributed by atoms with van der Waals surface area (Å²) in [6, 6.07) is 0.545. The maximum Gasteiger partial charge on any atom is 0.220 e. The lowest BCUT2D eigenvalue weighted by Gasteiger charge is -2.23. The predicted octanol–water partition coefficient (Wildman–Crippen LogP) is 1.19. The van der Waals surface area contributed by atoms with Gasteiger partial charge in [-0.3, -0.25) is 4.79 Å². The fraction of sp³-hybridized carbons (Fsp3) is 0.923. The molecule has 0 aromatic rings. The highest BCUT2D eigenvalue weighted by molar-refractivity contribution is 5.75. The molecule has 0 bridgehead atoms. The largest absolute Gasteiger partial charge is 0.396 e. The molecule has 0 aliphatic carbocycles. The van der Waals surface area contributed by atoms with Crippen LogP contribution >= 0.6 is 0 Å². The fourth-order valence-electron chi connectivity index (χ4n) is 2.21. The zero-order valence-electron chi connectivity index (χ0n) is 10.7. The maximum atomic E-state index is 11.5. The molecule has 4 heteroatoms. The lowest BCUT2D eigenvalue weighted by atomic mass is 10.0. The molecule has 1 saturated heterocycles. The number of nitrogens with one attached hydrogen (secondary N) is 2. The highest BCUT2D eigenvalue weighted by Crippen LogP contribution is 2.11. The van der Waals surface area contributed by atoms with E-state index in [1.165, 1.54) is 19.3 Å². The Labute approximate surface area is 104 Å². The molecule has 0 aromatic heterocycles. The Bertz CT molecular complexity index is 204. The van der Waals surface area contributed by atoms with Crippen LogP contribution in [0.15, 0.2) is 0 Å². The zero-order chi connectivity index (χ0) is 12.3. The molecule has 1 unspecified atom stereocenters. The Morgan fingerprint density at radius 2 is 2.18 bits per heavy atom. The van der Waals surface area contributed by atoms with Gasteiger partial charge in [-0.15, -0.1) is 0 Å². The van der Waals surface area contributed by atoms with Gasteiger partial charge in [-0.1, -0.05) is 6.42 Å².